The van der Waals surface area contributed by atoms with Crippen LogP contribution in [0.5, 0.6) is 5.75 Å². The summed E-state index contributed by atoms with van der Waals surface area (Å²) in [5.41, 5.74) is 6.50. The van der Waals surface area contributed by atoms with E-state index in [4.69, 9.17) is 10.5 Å². The lowest BCUT2D eigenvalue weighted by molar-refractivity contribution is -0.153. The molecular formula is C29H30F3N3O4. The van der Waals surface area contributed by atoms with Crippen LogP contribution >= 0.6 is 0 Å². The summed E-state index contributed by atoms with van der Waals surface area (Å²) >= 11 is 0. The van der Waals surface area contributed by atoms with Crippen LogP contribution in [0.25, 0.3) is 10.9 Å². The smallest absolute Gasteiger partial charge is 0.309 e. The molecule has 3 aromatic rings. The van der Waals surface area contributed by atoms with Crippen LogP contribution in [0.1, 0.15) is 48.5 Å². The van der Waals surface area contributed by atoms with E-state index in [0.717, 1.165) is 6.07 Å². The number of rotatable bonds is 8. The number of aliphatic carboxylic acids is 1. The second-order valence-electron chi connectivity index (χ2n) is 9.75. The summed E-state index contributed by atoms with van der Waals surface area (Å²) in [5.74, 6) is 1.43. The molecule has 2 aromatic carbocycles. The van der Waals surface area contributed by atoms with Gasteiger partial charge in [0.2, 0.25) is 0 Å². The third-order valence-corrected chi connectivity index (χ3v) is 7.43. The summed E-state index contributed by atoms with van der Waals surface area (Å²) in [6.45, 7) is 1.19. The van der Waals surface area contributed by atoms with Crippen molar-refractivity contribution < 1.29 is 32.9 Å². The van der Waals surface area contributed by atoms with Crippen molar-refractivity contribution in [2.24, 2.45) is 11.1 Å². The highest BCUT2D eigenvalue weighted by Gasteiger charge is 2.41. The zero-order valence-electron chi connectivity index (χ0n) is 21.5. The number of fused-ring (bicyclic) bond motifs is 1. The number of aromatic nitrogens is 1. The number of pyridine rings is 1. The fourth-order valence-electron chi connectivity index (χ4n) is 5.08. The standard InChI is InChI=1S/C29H30F3N3O4/c1-39-21-4-5-24-22(15-21)26(19(16-33)17-34-24)25(36)6-7-29(28(37)38)8-11-35(12-9-29)10-2-3-18-13-20(30)14-23(31)27(18)32/h4-5,13-15,17,25,36H,6-12,16,33H2,1H3,(H,37,38)/t25-/m1/s1. The highest BCUT2D eigenvalue weighted by Crippen LogP contribution is 2.40. The zero-order valence-corrected chi connectivity index (χ0v) is 21.5. The Labute approximate surface area is 224 Å². The van der Waals surface area contributed by atoms with Gasteiger partial charge in [-0.25, -0.2) is 13.2 Å². The van der Waals surface area contributed by atoms with Gasteiger partial charge in [-0.1, -0.05) is 11.8 Å². The highest BCUT2D eigenvalue weighted by atomic mass is 19.2. The number of likely N-dealkylation sites (tertiary alicyclic amines) is 1. The van der Waals surface area contributed by atoms with E-state index in [1.165, 1.54) is 0 Å². The number of aliphatic hydroxyl groups excluding tert-OH is 1. The number of nitrogens with zero attached hydrogens (tertiary/aromatic N) is 2. The molecule has 39 heavy (non-hydrogen) atoms. The summed E-state index contributed by atoms with van der Waals surface area (Å²) in [4.78, 5) is 18.7. The normalized spacial score (nSPS) is 15.9. The first-order valence-electron chi connectivity index (χ1n) is 12.6. The molecule has 0 aliphatic carbocycles. The molecule has 0 radical (unpaired) electrons. The van der Waals surface area contributed by atoms with Gasteiger partial charge < -0.3 is 20.7 Å². The van der Waals surface area contributed by atoms with Gasteiger partial charge in [-0.05, 0) is 61.1 Å². The maximum absolute atomic E-state index is 13.8. The van der Waals surface area contributed by atoms with Crippen LogP contribution < -0.4 is 10.5 Å². The molecule has 0 saturated carbocycles. The molecule has 7 nitrogen and oxygen atoms in total. The van der Waals surface area contributed by atoms with E-state index in [9.17, 15) is 28.2 Å². The van der Waals surface area contributed by atoms with Crippen molar-refractivity contribution in [3.8, 4) is 17.6 Å². The number of carboxylic acids is 1. The van der Waals surface area contributed by atoms with Crippen LogP contribution in [0.2, 0.25) is 0 Å². The van der Waals surface area contributed by atoms with Crippen LogP contribution in [0, 0.1) is 34.7 Å². The molecule has 0 bridgehead atoms. The van der Waals surface area contributed by atoms with Gasteiger partial charge in [0.1, 0.15) is 11.6 Å². The summed E-state index contributed by atoms with van der Waals surface area (Å²) in [6, 6.07) is 6.65. The second kappa shape index (κ2) is 12.0. The summed E-state index contributed by atoms with van der Waals surface area (Å²) in [5, 5.41) is 22.1. The molecule has 4 rings (SSSR count). The van der Waals surface area contributed by atoms with Crippen LogP contribution in [-0.2, 0) is 11.3 Å². The average molecular weight is 542 g/mol. The van der Waals surface area contributed by atoms with Gasteiger partial charge in [0.25, 0.3) is 0 Å². The van der Waals surface area contributed by atoms with Crippen molar-refractivity contribution in [3.63, 3.8) is 0 Å². The highest BCUT2D eigenvalue weighted by molar-refractivity contribution is 5.85. The molecule has 1 fully saturated rings. The summed E-state index contributed by atoms with van der Waals surface area (Å²) in [6.07, 6.45) is 1.78. The van der Waals surface area contributed by atoms with E-state index < -0.39 is 34.9 Å². The van der Waals surface area contributed by atoms with Gasteiger partial charge in [0.05, 0.1) is 36.3 Å². The van der Waals surface area contributed by atoms with Crippen LogP contribution in [0.15, 0.2) is 36.5 Å². The van der Waals surface area contributed by atoms with Crippen molar-refractivity contribution in [1.82, 2.24) is 9.88 Å². The van der Waals surface area contributed by atoms with Gasteiger partial charge in [-0.2, -0.15) is 0 Å². The van der Waals surface area contributed by atoms with E-state index in [2.05, 4.69) is 16.8 Å². The molecule has 1 aromatic heterocycles. The van der Waals surface area contributed by atoms with E-state index in [1.807, 2.05) is 4.90 Å². The Bertz CT molecular complexity index is 1420. The van der Waals surface area contributed by atoms with Gasteiger partial charge in [-0.15, -0.1) is 0 Å². The minimum Gasteiger partial charge on any atom is -0.497 e. The number of benzene rings is 2. The van der Waals surface area contributed by atoms with E-state index in [1.54, 1.807) is 31.5 Å². The number of hydrogen-bond acceptors (Lipinski definition) is 6. The van der Waals surface area contributed by atoms with Crippen LogP contribution in [0.4, 0.5) is 13.2 Å². The predicted octanol–water partition coefficient (Wildman–Crippen LogP) is 4.15. The van der Waals surface area contributed by atoms with E-state index in [-0.39, 0.29) is 31.5 Å². The maximum atomic E-state index is 13.8. The topological polar surface area (TPSA) is 109 Å². The van der Waals surface area contributed by atoms with Crippen LogP contribution in [0.3, 0.4) is 0 Å². The summed E-state index contributed by atoms with van der Waals surface area (Å²) < 4.78 is 45.9. The predicted molar refractivity (Wildman–Crippen MR) is 139 cm³/mol. The number of carboxylic acid groups (broad SMARTS) is 1. The molecular weight excluding hydrogens is 511 g/mol. The Morgan fingerprint density at radius 1 is 1.23 bits per heavy atom. The molecule has 4 N–H and O–H groups in total. The van der Waals surface area contributed by atoms with Crippen molar-refractivity contribution in [3.05, 3.63) is 70.7 Å². The SMILES string of the molecule is COc1ccc2ncc(CN)c([C@H](O)CCC3(C(=O)O)CCN(CC#Cc4cc(F)cc(F)c4F)CC3)c2c1. The lowest BCUT2D eigenvalue weighted by Crippen LogP contribution is -2.44. The van der Waals surface area contributed by atoms with E-state index >= 15 is 0 Å². The molecule has 0 spiro atoms. The number of piperidine rings is 1. The third kappa shape index (κ3) is 6.17. The van der Waals surface area contributed by atoms with Crippen molar-refractivity contribution in [1.29, 1.82) is 0 Å². The Kier molecular flexibility index (Phi) is 8.75. The van der Waals surface area contributed by atoms with Gasteiger partial charge in [0, 0.05) is 37.3 Å². The van der Waals surface area contributed by atoms with Gasteiger partial charge in [-0.3, -0.25) is 14.7 Å². The molecule has 10 heteroatoms. The van der Waals surface area contributed by atoms with Gasteiger partial charge >= 0.3 is 5.97 Å². The Morgan fingerprint density at radius 2 is 1.97 bits per heavy atom. The number of methoxy groups -OCH3 is 1. The van der Waals surface area contributed by atoms with Crippen molar-refractivity contribution >= 4 is 16.9 Å². The average Bonchev–Trinajstić information content (AvgIpc) is 2.93. The second-order valence-corrected chi connectivity index (χ2v) is 9.75. The monoisotopic (exact) mass is 541 g/mol. The molecule has 1 atom stereocenters. The van der Waals surface area contributed by atoms with Gasteiger partial charge in [0.15, 0.2) is 11.6 Å². The quantitative estimate of drug-likeness (QED) is 0.290. The van der Waals surface area contributed by atoms with Crippen LogP contribution in [-0.4, -0.2) is 52.8 Å². The maximum Gasteiger partial charge on any atom is 0.309 e. The Hall–Kier alpha value is -3.65. The minimum atomic E-state index is -1.30. The molecule has 1 aliphatic rings. The first-order valence-corrected chi connectivity index (χ1v) is 12.6. The lowest BCUT2D eigenvalue weighted by Gasteiger charge is -2.38. The zero-order chi connectivity index (χ0) is 28.2. The van der Waals surface area contributed by atoms with E-state index in [0.29, 0.717) is 59.8 Å². The van der Waals surface area contributed by atoms with Crippen molar-refractivity contribution in [2.75, 3.05) is 26.7 Å². The molecule has 1 aliphatic heterocycles. The number of carbonyl (C=O) groups is 1. The number of aliphatic hydroxyl groups is 1. The fraction of sp³-hybridized carbons (Fsp3) is 0.379. The molecule has 206 valence electrons. The lowest BCUT2D eigenvalue weighted by atomic mass is 9.74. The Morgan fingerprint density at radius 3 is 2.64 bits per heavy atom. The number of nitrogens with two attached hydrogens (primary N) is 1. The Balaban J connectivity index is 1.44. The largest absolute Gasteiger partial charge is 0.497 e. The minimum absolute atomic E-state index is 0.165. The number of ether oxygens (including phenoxy) is 1. The summed E-state index contributed by atoms with van der Waals surface area (Å²) in [7, 11) is 1.55. The molecule has 1 saturated heterocycles. The first-order chi connectivity index (χ1) is 18.7. The molecule has 0 unspecified atom stereocenters. The molecule has 0 amide bonds. The fourth-order valence-corrected chi connectivity index (χ4v) is 5.08. The first kappa shape index (κ1) is 28.4. The molecule has 2 heterocycles. The number of hydrogen-bond donors (Lipinski definition) is 3. The number of halogens is 3. The van der Waals surface area contributed by atoms with Crippen molar-refractivity contribution in [2.45, 2.75) is 38.3 Å². The third-order valence-electron chi connectivity index (χ3n) is 7.43.